The second-order valence-corrected chi connectivity index (χ2v) is 6.80. The van der Waals surface area contributed by atoms with Gasteiger partial charge in [-0.1, -0.05) is 24.3 Å². The Morgan fingerprint density at radius 2 is 2.24 bits per heavy atom. The van der Waals surface area contributed by atoms with Crippen molar-refractivity contribution in [3.05, 3.63) is 41.7 Å². The van der Waals surface area contributed by atoms with Gasteiger partial charge in [0.2, 0.25) is 5.91 Å². The van der Waals surface area contributed by atoms with Gasteiger partial charge in [-0.15, -0.1) is 5.10 Å². The zero-order valence-corrected chi connectivity index (χ0v) is 14.8. The molecule has 1 unspecified atom stereocenters. The molecule has 7 nitrogen and oxygen atoms in total. The average Bonchev–Trinajstić information content (AvgIpc) is 3.27. The number of aryl methyl sites for hydroxylation is 2. The highest BCUT2D eigenvalue weighted by molar-refractivity contribution is 5.75. The van der Waals surface area contributed by atoms with Crippen LogP contribution in [0.15, 0.2) is 30.6 Å². The summed E-state index contributed by atoms with van der Waals surface area (Å²) in [5, 5.41) is 14.0. The van der Waals surface area contributed by atoms with E-state index in [0.717, 1.165) is 39.0 Å². The van der Waals surface area contributed by atoms with Crippen molar-refractivity contribution in [1.82, 2.24) is 30.4 Å². The summed E-state index contributed by atoms with van der Waals surface area (Å²) in [6.45, 7) is 6.77. The number of aromatic nitrogens is 4. The lowest BCUT2D eigenvalue weighted by atomic mass is 10.1. The van der Waals surface area contributed by atoms with Gasteiger partial charge in [0.05, 0.1) is 0 Å². The zero-order valence-electron chi connectivity index (χ0n) is 14.8. The Balaban J connectivity index is 1.33. The predicted octanol–water partition coefficient (Wildman–Crippen LogP) is 1.40. The Labute approximate surface area is 148 Å². The molecule has 1 amide bonds. The summed E-state index contributed by atoms with van der Waals surface area (Å²) in [4.78, 5) is 14.4. The third-order valence-corrected chi connectivity index (χ3v) is 4.80. The zero-order chi connectivity index (χ0) is 17.5. The molecule has 1 fully saturated rings. The minimum Gasteiger partial charge on any atom is -0.356 e. The molecule has 1 saturated heterocycles. The number of amides is 1. The van der Waals surface area contributed by atoms with E-state index in [0.29, 0.717) is 18.9 Å². The van der Waals surface area contributed by atoms with Gasteiger partial charge in [0, 0.05) is 32.6 Å². The molecule has 1 aromatic heterocycles. The first-order valence-corrected chi connectivity index (χ1v) is 8.95. The minimum atomic E-state index is 0.116. The molecule has 134 valence electrons. The molecule has 0 spiro atoms. The van der Waals surface area contributed by atoms with Crippen LogP contribution in [0, 0.1) is 12.8 Å². The van der Waals surface area contributed by atoms with Gasteiger partial charge < -0.3 is 5.32 Å². The second-order valence-electron chi connectivity index (χ2n) is 6.80. The molecule has 0 bridgehead atoms. The van der Waals surface area contributed by atoms with Crippen molar-refractivity contribution in [1.29, 1.82) is 0 Å². The molecule has 1 aromatic carbocycles. The van der Waals surface area contributed by atoms with Gasteiger partial charge in [-0.2, -0.15) is 0 Å². The molecule has 1 aliphatic rings. The number of benzene rings is 1. The van der Waals surface area contributed by atoms with Crippen LogP contribution in [-0.2, 0) is 17.9 Å². The molecule has 1 N–H and O–H groups in total. The minimum absolute atomic E-state index is 0.116. The van der Waals surface area contributed by atoms with E-state index in [1.807, 2.05) is 0 Å². The van der Waals surface area contributed by atoms with E-state index in [2.05, 4.69) is 56.9 Å². The Hall–Kier alpha value is -2.28. The third kappa shape index (κ3) is 5.35. The largest absolute Gasteiger partial charge is 0.356 e. The van der Waals surface area contributed by atoms with Crippen LogP contribution in [0.4, 0.5) is 0 Å². The molecule has 2 heterocycles. The van der Waals surface area contributed by atoms with Crippen molar-refractivity contribution in [2.24, 2.45) is 5.92 Å². The Morgan fingerprint density at radius 1 is 1.36 bits per heavy atom. The number of hydrogen-bond donors (Lipinski definition) is 1. The van der Waals surface area contributed by atoms with E-state index in [-0.39, 0.29) is 5.91 Å². The molecule has 1 atom stereocenters. The molecule has 1 aliphatic heterocycles. The Bertz CT molecular complexity index is 672. The molecule has 25 heavy (non-hydrogen) atoms. The quantitative estimate of drug-likeness (QED) is 0.785. The van der Waals surface area contributed by atoms with Gasteiger partial charge in [-0.05, 0) is 53.8 Å². The summed E-state index contributed by atoms with van der Waals surface area (Å²) in [5.41, 5.74) is 2.75. The summed E-state index contributed by atoms with van der Waals surface area (Å²) >= 11 is 0. The van der Waals surface area contributed by atoms with Crippen molar-refractivity contribution in [2.45, 2.75) is 39.3 Å². The van der Waals surface area contributed by atoms with Gasteiger partial charge in [-0.25, -0.2) is 4.68 Å². The van der Waals surface area contributed by atoms with Crippen molar-refractivity contribution in [3.8, 4) is 0 Å². The van der Waals surface area contributed by atoms with Gasteiger partial charge in [-0.3, -0.25) is 9.69 Å². The summed E-state index contributed by atoms with van der Waals surface area (Å²) in [5.74, 6) is 0.665. The summed E-state index contributed by atoms with van der Waals surface area (Å²) in [7, 11) is 0. The highest BCUT2D eigenvalue weighted by Gasteiger charge is 2.23. The van der Waals surface area contributed by atoms with Crippen LogP contribution < -0.4 is 5.32 Å². The lowest BCUT2D eigenvalue weighted by molar-refractivity contribution is -0.121. The normalized spacial score (nSPS) is 17.7. The molecular weight excluding hydrogens is 316 g/mol. The predicted molar refractivity (Wildman–Crippen MR) is 94.6 cm³/mol. The van der Waals surface area contributed by atoms with Gasteiger partial charge in [0.15, 0.2) is 0 Å². The number of tetrazole rings is 1. The van der Waals surface area contributed by atoms with Crippen molar-refractivity contribution in [2.75, 3.05) is 19.6 Å². The van der Waals surface area contributed by atoms with E-state index >= 15 is 0 Å². The maximum Gasteiger partial charge on any atom is 0.220 e. The highest BCUT2D eigenvalue weighted by Crippen LogP contribution is 2.19. The summed E-state index contributed by atoms with van der Waals surface area (Å²) in [6, 6.07) is 8.56. The smallest absolute Gasteiger partial charge is 0.220 e. The van der Waals surface area contributed by atoms with E-state index in [1.54, 1.807) is 11.0 Å². The third-order valence-electron chi connectivity index (χ3n) is 4.80. The topological polar surface area (TPSA) is 75.9 Å². The second kappa shape index (κ2) is 8.71. The molecule has 0 aliphatic carbocycles. The van der Waals surface area contributed by atoms with E-state index in [1.165, 1.54) is 11.1 Å². The van der Waals surface area contributed by atoms with Crippen molar-refractivity contribution < 1.29 is 4.79 Å². The lowest BCUT2D eigenvalue weighted by Crippen LogP contribution is -2.31. The van der Waals surface area contributed by atoms with Crippen molar-refractivity contribution in [3.63, 3.8) is 0 Å². The molecule has 3 rings (SSSR count). The SMILES string of the molecule is Cc1ccccc1CN1CCC(CNC(=O)CCCn2cnnn2)C1. The maximum atomic E-state index is 12.0. The van der Waals surface area contributed by atoms with Crippen LogP contribution >= 0.6 is 0 Å². The van der Waals surface area contributed by atoms with Crippen LogP contribution in [0.2, 0.25) is 0 Å². The number of carbonyl (C=O) groups excluding carboxylic acids is 1. The first-order valence-electron chi connectivity index (χ1n) is 8.95. The fourth-order valence-corrected chi connectivity index (χ4v) is 3.28. The van der Waals surface area contributed by atoms with Crippen molar-refractivity contribution >= 4 is 5.91 Å². The van der Waals surface area contributed by atoms with Gasteiger partial charge in [0.1, 0.15) is 6.33 Å². The fourth-order valence-electron chi connectivity index (χ4n) is 3.28. The van der Waals surface area contributed by atoms with Crippen LogP contribution in [0.5, 0.6) is 0 Å². The van der Waals surface area contributed by atoms with E-state index in [9.17, 15) is 4.79 Å². The highest BCUT2D eigenvalue weighted by atomic mass is 16.1. The standard InChI is InChI=1S/C18H26N6O/c1-15-5-2-3-6-17(15)13-23-10-8-16(12-23)11-19-18(25)7-4-9-24-14-20-21-22-24/h2-3,5-6,14,16H,4,7-13H2,1H3,(H,19,25). The van der Waals surface area contributed by atoms with Gasteiger partial charge in [0.25, 0.3) is 0 Å². The lowest BCUT2D eigenvalue weighted by Gasteiger charge is -2.17. The first kappa shape index (κ1) is 17.5. The van der Waals surface area contributed by atoms with E-state index in [4.69, 9.17) is 0 Å². The van der Waals surface area contributed by atoms with Gasteiger partial charge >= 0.3 is 0 Å². The molecule has 0 saturated carbocycles. The Morgan fingerprint density at radius 3 is 3.04 bits per heavy atom. The summed E-state index contributed by atoms with van der Waals surface area (Å²) in [6.07, 6.45) is 3.98. The number of carbonyl (C=O) groups is 1. The number of nitrogens with one attached hydrogen (secondary N) is 1. The first-order chi connectivity index (χ1) is 12.2. The van der Waals surface area contributed by atoms with Crippen LogP contribution in [0.1, 0.15) is 30.4 Å². The monoisotopic (exact) mass is 342 g/mol. The van der Waals surface area contributed by atoms with E-state index < -0.39 is 0 Å². The number of hydrogen-bond acceptors (Lipinski definition) is 5. The van der Waals surface area contributed by atoms with Crippen LogP contribution in [0.3, 0.4) is 0 Å². The number of nitrogens with zero attached hydrogens (tertiary/aromatic N) is 5. The molecular formula is C18H26N6O. The van der Waals surface area contributed by atoms with Crippen LogP contribution in [-0.4, -0.2) is 50.6 Å². The molecule has 7 heteroatoms. The molecule has 0 radical (unpaired) electrons. The maximum absolute atomic E-state index is 12.0. The Kier molecular flexibility index (Phi) is 6.11. The number of rotatable bonds is 8. The number of likely N-dealkylation sites (tertiary alicyclic amines) is 1. The van der Waals surface area contributed by atoms with Crippen LogP contribution in [0.25, 0.3) is 0 Å². The fraction of sp³-hybridized carbons (Fsp3) is 0.556. The summed E-state index contributed by atoms with van der Waals surface area (Å²) < 4.78 is 1.65. The average molecular weight is 342 g/mol. The molecule has 2 aromatic rings.